The minimum atomic E-state index is -0.842. The number of amides is 1. The zero-order valence-corrected chi connectivity index (χ0v) is 9.68. The lowest BCUT2D eigenvalue weighted by Gasteiger charge is -2.15. The number of nitrogens with zero attached hydrogens (tertiary/aromatic N) is 1. The summed E-state index contributed by atoms with van der Waals surface area (Å²) in [5.41, 5.74) is 1.20. The molecule has 1 N–H and O–H groups in total. The predicted molar refractivity (Wildman–Crippen MR) is 64.2 cm³/mol. The normalized spacial score (nSPS) is 24.8. The first-order valence-electron chi connectivity index (χ1n) is 5.87. The Morgan fingerprint density at radius 3 is 2.82 bits per heavy atom. The second-order valence-corrected chi connectivity index (χ2v) is 4.48. The summed E-state index contributed by atoms with van der Waals surface area (Å²) in [7, 11) is 0. The smallest absolute Gasteiger partial charge is 0.207 e. The van der Waals surface area contributed by atoms with E-state index in [0.29, 0.717) is 26.0 Å². The van der Waals surface area contributed by atoms with Crippen LogP contribution in [0.3, 0.4) is 0 Å². The molecular weight excluding hydrogens is 219 g/mol. The van der Waals surface area contributed by atoms with Crippen LogP contribution >= 0.6 is 0 Å². The number of nitrogens with one attached hydrogen (secondary N) is 1. The number of hydrogen-bond donors (Lipinski definition) is 1. The van der Waals surface area contributed by atoms with Crippen molar-refractivity contribution in [1.29, 1.82) is 0 Å². The molecule has 0 aromatic heterocycles. The lowest BCUT2D eigenvalue weighted by atomic mass is 10.1. The van der Waals surface area contributed by atoms with Crippen LogP contribution in [0.2, 0.25) is 0 Å². The van der Waals surface area contributed by atoms with Crippen LogP contribution in [0.4, 0.5) is 4.39 Å². The number of hydrogen-bond acceptors (Lipinski definition) is 2. The fraction of sp³-hybridized carbons (Fsp3) is 0.462. The van der Waals surface area contributed by atoms with E-state index in [4.69, 9.17) is 0 Å². The van der Waals surface area contributed by atoms with Gasteiger partial charge >= 0.3 is 0 Å². The number of benzene rings is 1. The Labute approximate surface area is 101 Å². The average Bonchev–Trinajstić information content (AvgIpc) is 2.68. The van der Waals surface area contributed by atoms with Gasteiger partial charge in [-0.25, -0.2) is 4.39 Å². The molecule has 1 amide bonds. The first-order chi connectivity index (χ1) is 8.29. The topological polar surface area (TPSA) is 32.3 Å². The number of alkyl halides is 1. The molecule has 0 bridgehead atoms. The number of carbonyl (C=O) groups excluding carboxylic acids is 1. The molecule has 1 aliphatic heterocycles. The molecule has 4 heteroatoms. The summed E-state index contributed by atoms with van der Waals surface area (Å²) >= 11 is 0. The number of rotatable bonds is 5. The van der Waals surface area contributed by atoms with E-state index in [1.54, 1.807) is 0 Å². The van der Waals surface area contributed by atoms with Crippen LogP contribution in [0.25, 0.3) is 0 Å². The Morgan fingerprint density at radius 1 is 1.35 bits per heavy atom. The van der Waals surface area contributed by atoms with Gasteiger partial charge in [0.05, 0.1) is 0 Å². The lowest BCUT2D eigenvalue weighted by Crippen LogP contribution is -2.27. The third kappa shape index (κ3) is 3.27. The van der Waals surface area contributed by atoms with E-state index < -0.39 is 6.17 Å². The van der Waals surface area contributed by atoms with Gasteiger partial charge in [0.2, 0.25) is 6.41 Å². The minimum absolute atomic E-state index is 0.0797. The second kappa shape index (κ2) is 5.77. The molecule has 0 saturated carbocycles. The van der Waals surface area contributed by atoms with Crippen LogP contribution in [0, 0.1) is 5.92 Å². The molecule has 0 aliphatic carbocycles. The minimum Gasteiger partial charge on any atom is -0.358 e. The van der Waals surface area contributed by atoms with Crippen molar-refractivity contribution in [3.8, 4) is 0 Å². The molecular formula is C13H17FN2O. The molecule has 0 spiro atoms. The SMILES string of the molecule is O=CNCC1CN(Cc2ccccc2)CC1F. The van der Waals surface area contributed by atoms with Gasteiger partial charge in [0.15, 0.2) is 0 Å². The Hall–Kier alpha value is -1.42. The molecule has 17 heavy (non-hydrogen) atoms. The molecule has 1 fully saturated rings. The Kier molecular flexibility index (Phi) is 4.09. The molecule has 2 rings (SSSR count). The standard InChI is InChI=1S/C13H17FN2O/c14-13-9-16(8-12(13)6-15-10-17)7-11-4-2-1-3-5-11/h1-5,10,12-13H,6-9H2,(H,15,17). The van der Waals surface area contributed by atoms with Crippen LogP contribution in [-0.2, 0) is 11.3 Å². The van der Waals surface area contributed by atoms with Gasteiger partial charge in [-0.1, -0.05) is 30.3 Å². The highest BCUT2D eigenvalue weighted by Gasteiger charge is 2.32. The van der Waals surface area contributed by atoms with Crippen LogP contribution in [0.1, 0.15) is 5.56 Å². The van der Waals surface area contributed by atoms with Crippen molar-refractivity contribution >= 4 is 6.41 Å². The second-order valence-electron chi connectivity index (χ2n) is 4.48. The summed E-state index contributed by atoms with van der Waals surface area (Å²) in [5, 5.41) is 2.56. The summed E-state index contributed by atoms with van der Waals surface area (Å²) in [6, 6.07) is 10.0. The van der Waals surface area contributed by atoms with Gasteiger partial charge in [0.1, 0.15) is 6.17 Å². The third-order valence-electron chi connectivity index (χ3n) is 3.15. The molecule has 0 radical (unpaired) electrons. The van der Waals surface area contributed by atoms with E-state index in [1.807, 2.05) is 30.3 Å². The summed E-state index contributed by atoms with van der Waals surface area (Å²) < 4.78 is 13.7. The molecule has 1 aromatic rings. The van der Waals surface area contributed by atoms with E-state index in [2.05, 4.69) is 10.2 Å². The van der Waals surface area contributed by atoms with Crippen LogP contribution in [0.15, 0.2) is 30.3 Å². The van der Waals surface area contributed by atoms with E-state index in [9.17, 15) is 9.18 Å². The maximum atomic E-state index is 13.7. The van der Waals surface area contributed by atoms with Crippen molar-refractivity contribution in [3.63, 3.8) is 0 Å². The van der Waals surface area contributed by atoms with Crippen LogP contribution < -0.4 is 5.32 Å². The lowest BCUT2D eigenvalue weighted by molar-refractivity contribution is -0.109. The van der Waals surface area contributed by atoms with Crippen molar-refractivity contribution in [3.05, 3.63) is 35.9 Å². The molecule has 1 saturated heterocycles. The zero-order chi connectivity index (χ0) is 12.1. The maximum Gasteiger partial charge on any atom is 0.207 e. The van der Waals surface area contributed by atoms with Crippen molar-refractivity contribution in [2.75, 3.05) is 19.6 Å². The third-order valence-corrected chi connectivity index (χ3v) is 3.15. The fourth-order valence-electron chi connectivity index (χ4n) is 2.28. The van der Waals surface area contributed by atoms with Crippen LogP contribution in [0.5, 0.6) is 0 Å². The van der Waals surface area contributed by atoms with Gasteiger partial charge in [-0.3, -0.25) is 9.69 Å². The Balaban J connectivity index is 1.86. The van der Waals surface area contributed by atoms with Crippen molar-refractivity contribution in [1.82, 2.24) is 10.2 Å². The average molecular weight is 236 g/mol. The van der Waals surface area contributed by atoms with E-state index in [-0.39, 0.29) is 5.92 Å². The Morgan fingerprint density at radius 2 is 2.12 bits per heavy atom. The van der Waals surface area contributed by atoms with Gasteiger partial charge in [-0.2, -0.15) is 0 Å². The number of carbonyl (C=O) groups is 1. The maximum absolute atomic E-state index is 13.7. The molecule has 1 aliphatic rings. The van der Waals surface area contributed by atoms with E-state index in [0.717, 1.165) is 6.54 Å². The first-order valence-corrected chi connectivity index (χ1v) is 5.87. The van der Waals surface area contributed by atoms with Crippen LogP contribution in [-0.4, -0.2) is 37.1 Å². The van der Waals surface area contributed by atoms with Gasteiger partial charge in [-0.15, -0.1) is 0 Å². The number of likely N-dealkylation sites (tertiary alicyclic amines) is 1. The summed E-state index contributed by atoms with van der Waals surface area (Å²) in [4.78, 5) is 12.3. The molecule has 92 valence electrons. The molecule has 1 heterocycles. The fourth-order valence-corrected chi connectivity index (χ4v) is 2.28. The Bertz CT molecular complexity index is 358. The van der Waals surface area contributed by atoms with Gasteiger partial charge in [0, 0.05) is 32.1 Å². The van der Waals surface area contributed by atoms with Crippen molar-refractivity contribution in [2.45, 2.75) is 12.7 Å². The number of halogens is 1. The summed E-state index contributed by atoms with van der Waals surface area (Å²) in [6.07, 6.45) is -0.210. The summed E-state index contributed by atoms with van der Waals surface area (Å²) in [6.45, 7) is 2.37. The van der Waals surface area contributed by atoms with Gasteiger partial charge in [0.25, 0.3) is 0 Å². The zero-order valence-electron chi connectivity index (χ0n) is 9.68. The molecule has 2 atom stereocenters. The summed E-state index contributed by atoms with van der Waals surface area (Å²) in [5.74, 6) is -0.0797. The van der Waals surface area contributed by atoms with Crippen molar-refractivity contribution < 1.29 is 9.18 Å². The molecule has 1 aromatic carbocycles. The van der Waals surface area contributed by atoms with Crippen molar-refractivity contribution in [2.24, 2.45) is 5.92 Å². The quantitative estimate of drug-likeness (QED) is 0.779. The monoisotopic (exact) mass is 236 g/mol. The van der Waals surface area contributed by atoms with E-state index >= 15 is 0 Å². The molecule has 3 nitrogen and oxygen atoms in total. The van der Waals surface area contributed by atoms with Gasteiger partial charge < -0.3 is 5.32 Å². The van der Waals surface area contributed by atoms with Gasteiger partial charge in [-0.05, 0) is 5.56 Å². The largest absolute Gasteiger partial charge is 0.358 e. The predicted octanol–water partition coefficient (Wildman–Crippen LogP) is 1.20. The highest BCUT2D eigenvalue weighted by atomic mass is 19.1. The highest BCUT2D eigenvalue weighted by molar-refractivity contribution is 5.45. The highest BCUT2D eigenvalue weighted by Crippen LogP contribution is 2.21. The molecule has 2 unspecified atom stereocenters. The van der Waals surface area contributed by atoms with E-state index in [1.165, 1.54) is 5.56 Å². The first kappa shape index (κ1) is 12.0.